The number of rotatable bonds is 6. The van der Waals surface area contributed by atoms with E-state index in [1.54, 1.807) is 39.9 Å². The summed E-state index contributed by atoms with van der Waals surface area (Å²) in [6, 6.07) is 9.72. The van der Waals surface area contributed by atoms with Crippen LogP contribution in [0.1, 0.15) is 39.2 Å². The molecule has 1 amide bonds. The predicted octanol–water partition coefficient (Wildman–Crippen LogP) is 5.10. The highest BCUT2D eigenvalue weighted by Gasteiger charge is 2.29. The molecule has 0 atom stereocenters. The third kappa shape index (κ3) is 6.21. The third-order valence-electron chi connectivity index (χ3n) is 6.07. The Hall–Kier alpha value is -4.35. The molecule has 5 rings (SSSR count). The molecule has 1 aromatic carbocycles. The topological polar surface area (TPSA) is 108 Å². The Morgan fingerprint density at radius 3 is 2.56 bits per heavy atom. The van der Waals surface area contributed by atoms with Gasteiger partial charge in [-0.05, 0) is 32.9 Å². The number of carbonyl (C=O) groups is 1. The first-order valence-electron chi connectivity index (χ1n) is 12.6. The molecular weight excluding hydrogens is 510 g/mol. The zero-order chi connectivity index (χ0) is 27.6. The summed E-state index contributed by atoms with van der Waals surface area (Å²) in [7, 11) is 0. The van der Waals surface area contributed by atoms with E-state index in [2.05, 4.69) is 20.2 Å². The third-order valence-corrected chi connectivity index (χ3v) is 6.07. The standard InChI is InChI=1S/C27H28F2N6O4/c1-27(2,3)39-26(36)34-11-8-18(9-12-34)38-25-20(29)15-30-24(31-25)22-14-23(21-10-13-37-33-21)35(32-22)16-17-6-4-5-7-19(17)28/h4-7,10,13-15,18H,8-9,11-12,16H2,1-3H3. The lowest BCUT2D eigenvalue weighted by molar-refractivity contribution is 0.0119. The van der Waals surface area contributed by atoms with Crippen molar-refractivity contribution in [3.63, 3.8) is 0 Å². The maximum atomic E-state index is 14.6. The average molecular weight is 539 g/mol. The predicted molar refractivity (Wildman–Crippen MR) is 136 cm³/mol. The molecule has 4 heterocycles. The first kappa shape index (κ1) is 26.3. The molecule has 0 aliphatic carbocycles. The molecular formula is C27H28F2N6O4. The summed E-state index contributed by atoms with van der Waals surface area (Å²) in [4.78, 5) is 22.3. The van der Waals surface area contributed by atoms with Gasteiger partial charge in [0.15, 0.2) is 5.82 Å². The zero-order valence-corrected chi connectivity index (χ0v) is 21.8. The zero-order valence-electron chi connectivity index (χ0n) is 21.8. The van der Waals surface area contributed by atoms with E-state index >= 15 is 0 Å². The van der Waals surface area contributed by atoms with Crippen LogP contribution in [-0.2, 0) is 11.3 Å². The van der Waals surface area contributed by atoms with Crippen molar-refractivity contribution in [2.24, 2.45) is 0 Å². The molecule has 10 nitrogen and oxygen atoms in total. The monoisotopic (exact) mass is 538 g/mol. The number of amides is 1. The van der Waals surface area contributed by atoms with E-state index in [0.717, 1.165) is 6.20 Å². The van der Waals surface area contributed by atoms with Gasteiger partial charge in [-0.3, -0.25) is 4.68 Å². The van der Waals surface area contributed by atoms with Crippen molar-refractivity contribution in [1.82, 2.24) is 29.8 Å². The largest absolute Gasteiger partial charge is 0.472 e. The molecule has 0 saturated carbocycles. The van der Waals surface area contributed by atoms with E-state index in [-0.39, 0.29) is 36.3 Å². The lowest BCUT2D eigenvalue weighted by Gasteiger charge is -2.33. The number of ether oxygens (including phenoxy) is 2. The fourth-order valence-electron chi connectivity index (χ4n) is 4.18. The van der Waals surface area contributed by atoms with Gasteiger partial charge in [0.05, 0.1) is 18.4 Å². The van der Waals surface area contributed by atoms with Crippen LogP contribution < -0.4 is 4.74 Å². The number of aromatic nitrogens is 5. The number of piperidine rings is 1. The SMILES string of the molecule is CC(C)(C)OC(=O)N1CCC(Oc2nc(-c3cc(-c4ccon4)n(Cc4ccccc4F)n3)ncc2F)CC1. The lowest BCUT2D eigenvalue weighted by atomic mass is 10.1. The number of likely N-dealkylation sites (tertiary alicyclic amines) is 1. The highest BCUT2D eigenvalue weighted by molar-refractivity contribution is 5.68. The summed E-state index contributed by atoms with van der Waals surface area (Å²) < 4.78 is 46.8. The van der Waals surface area contributed by atoms with E-state index in [1.165, 1.54) is 12.3 Å². The second-order valence-electron chi connectivity index (χ2n) is 10.2. The normalized spacial score (nSPS) is 14.4. The molecule has 0 bridgehead atoms. The second kappa shape index (κ2) is 10.8. The summed E-state index contributed by atoms with van der Waals surface area (Å²) in [5.41, 5.74) is 1.21. The van der Waals surface area contributed by atoms with E-state index in [4.69, 9.17) is 14.0 Å². The Balaban J connectivity index is 1.34. The Morgan fingerprint density at radius 1 is 1.10 bits per heavy atom. The molecule has 3 aromatic heterocycles. The van der Waals surface area contributed by atoms with Gasteiger partial charge in [-0.15, -0.1) is 0 Å². The van der Waals surface area contributed by atoms with E-state index < -0.39 is 11.4 Å². The molecule has 0 unspecified atom stereocenters. The molecule has 4 aromatic rings. The van der Waals surface area contributed by atoms with Crippen molar-refractivity contribution in [1.29, 1.82) is 0 Å². The number of carbonyl (C=O) groups excluding carboxylic acids is 1. The maximum absolute atomic E-state index is 14.6. The molecule has 1 saturated heterocycles. The lowest BCUT2D eigenvalue weighted by Crippen LogP contribution is -2.44. The Morgan fingerprint density at radius 2 is 1.87 bits per heavy atom. The van der Waals surface area contributed by atoms with Crippen LogP contribution in [0.15, 0.2) is 53.4 Å². The van der Waals surface area contributed by atoms with Gasteiger partial charge in [0.2, 0.25) is 5.82 Å². The first-order chi connectivity index (χ1) is 18.7. The van der Waals surface area contributed by atoms with Crippen LogP contribution in [0.2, 0.25) is 0 Å². The van der Waals surface area contributed by atoms with Crippen molar-refractivity contribution in [2.75, 3.05) is 13.1 Å². The average Bonchev–Trinajstić information content (AvgIpc) is 3.56. The van der Waals surface area contributed by atoms with E-state index in [0.29, 0.717) is 48.6 Å². The van der Waals surface area contributed by atoms with Crippen LogP contribution in [-0.4, -0.2) is 60.7 Å². The fourth-order valence-corrected chi connectivity index (χ4v) is 4.18. The van der Waals surface area contributed by atoms with Crippen molar-refractivity contribution < 1.29 is 27.6 Å². The van der Waals surface area contributed by atoms with Crippen LogP contribution in [0.4, 0.5) is 13.6 Å². The molecule has 0 spiro atoms. The van der Waals surface area contributed by atoms with Crippen LogP contribution in [0, 0.1) is 11.6 Å². The van der Waals surface area contributed by atoms with E-state index in [1.807, 2.05) is 20.8 Å². The van der Waals surface area contributed by atoms with Gasteiger partial charge in [0, 0.05) is 37.6 Å². The highest BCUT2D eigenvalue weighted by atomic mass is 19.1. The van der Waals surface area contributed by atoms with Gasteiger partial charge < -0.3 is 18.9 Å². The highest BCUT2D eigenvalue weighted by Crippen LogP contribution is 2.27. The molecule has 0 radical (unpaired) electrons. The number of halogens is 2. The maximum Gasteiger partial charge on any atom is 0.410 e. The minimum Gasteiger partial charge on any atom is -0.472 e. The second-order valence-corrected chi connectivity index (χ2v) is 10.2. The van der Waals surface area contributed by atoms with Gasteiger partial charge in [0.1, 0.15) is 35.2 Å². The number of nitrogens with zero attached hydrogens (tertiary/aromatic N) is 6. The Kier molecular flexibility index (Phi) is 7.27. The minimum absolute atomic E-state index is 0.121. The van der Waals surface area contributed by atoms with E-state index in [9.17, 15) is 13.6 Å². The molecule has 1 aliphatic heterocycles. The number of benzene rings is 1. The molecule has 1 fully saturated rings. The number of hydrogen-bond donors (Lipinski definition) is 0. The van der Waals surface area contributed by atoms with Crippen molar-refractivity contribution >= 4 is 6.09 Å². The molecule has 0 N–H and O–H groups in total. The summed E-state index contributed by atoms with van der Waals surface area (Å²) >= 11 is 0. The smallest absolute Gasteiger partial charge is 0.410 e. The van der Waals surface area contributed by atoms with Crippen LogP contribution in [0.5, 0.6) is 5.88 Å². The fraction of sp³-hybridized carbons (Fsp3) is 0.370. The van der Waals surface area contributed by atoms with Crippen molar-refractivity contribution in [3.05, 3.63) is 66.1 Å². The first-order valence-corrected chi connectivity index (χ1v) is 12.6. The Bertz CT molecular complexity index is 1440. The van der Waals surface area contributed by atoms with Gasteiger partial charge >= 0.3 is 6.09 Å². The van der Waals surface area contributed by atoms with Crippen LogP contribution in [0.25, 0.3) is 22.9 Å². The number of hydrogen-bond acceptors (Lipinski definition) is 8. The molecule has 1 aliphatic rings. The summed E-state index contributed by atoms with van der Waals surface area (Å²) in [6.07, 6.45) is 2.70. The van der Waals surface area contributed by atoms with Crippen molar-refractivity contribution in [3.8, 4) is 28.8 Å². The van der Waals surface area contributed by atoms with Crippen molar-refractivity contribution in [2.45, 2.75) is 51.9 Å². The van der Waals surface area contributed by atoms with Crippen LogP contribution >= 0.6 is 0 Å². The van der Waals surface area contributed by atoms with Crippen LogP contribution in [0.3, 0.4) is 0 Å². The Labute approximate surface area is 223 Å². The summed E-state index contributed by atoms with van der Waals surface area (Å²) in [6.45, 7) is 6.40. The van der Waals surface area contributed by atoms with Gasteiger partial charge in [-0.2, -0.15) is 14.5 Å². The molecule has 12 heteroatoms. The molecule has 204 valence electrons. The molecule has 39 heavy (non-hydrogen) atoms. The summed E-state index contributed by atoms with van der Waals surface area (Å²) in [5, 5.41) is 8.53. The summed E-state index contributed by atoms with van der Waals surface area (Å²) in [5.74, 6) is -1.15. The van der Waals surface area contributed by atoms with Gasteiger partial charge in [-0.25, -0.2) is 14.2 Å². The quantitative estimate of drug-likeness (QED) is 0.334. The minimum atomic E-state index is -0.712. The van der Waals surface area contributed by atoms with Gasteiger partial charge in [0.25, 0.3) is 5.88 Å². The van der Waals surface area contributed by atoms with Gasteiger partial charge in [-0.1, -0.05) is 23.4 Å².